The van der Waals surface area contributed by atoms with Crippen LogP contribution in [0.25, 0.3) is 0 Å². The van der Waals surface area contributed by atoms with E-state index in [-0.39, 0.29) is 36.8 Å². The Kier molecular flexibility index (Phi) is 7.84. The van der Waals surface area contributed by atoms with Gasteiger partial charge in [0.2, 0.25) is 5.91 Å². The molecule has 1 N–H and O–H groups in total. The topological polar surface area (TPSA) is 35.6 Å². The summed E-state index contributed by atoms with van der Waals surface area (Å²) in [5.74, 6) is 0.344. The molecule has 2 fully saturated rings. The Morgan fingerprint density at radius 3 is 2.52 bits per heavy atom. The minimum Gasteiger partial charge on any atom is -0.340 e. The van der Waals surface area contributed by atoms with Crippen LogP contribution in [0.4, 0.5) is 8.78 Å². The van der Waals surface area contributed by atoms with Crippen LogP contribution in [0.15, 0.2) is 0 Å². The van der Waals surface area contributed by atoms with Crippen molar-refractivity contribution in [1.82, 2.24) is 15.1 Å². The maximum Gasteiger partial charge on any atom is 0.251 e. The third-order valence-corrected chi connectivity index (χ3v) is 4.45. The lowest BCUT2D eigenvalue weighted by atomic mass is 9.95. The van der Waals surface area contributed by atoms with Gasteiger partial charge in [-0.1, -0.05) is 6.92 Å². The molecule has 1 unspecified atom stereocenters. The number of nitrogens with zero attached hydrogens (tertiary/aromatic N) is 2. The Labute approximate surface area is 131 Å². The van der Waals surface area contributed by atoms with Gasteiger partial charge in [-0.2, -0.15) is 0 Å². The molecule has 0 aliphatic carbocycles. The van der Waals surface area contributed by atoms with Gasteiger partial charge in [0.25, 0.3) is 6.43 Å². The molecule has 0 spiro atoms. The van der Waals surface area contributed by atoms with Gasteiger partial charge in [-0.25, -0.2) is 8.78 Å². The summed E-state index contributed by atoms with van der Waals surface area (Å²) in [6.07, 6.45) is 0.304. The van der Waals surface area contributed by atoms with E-state index in [1.54, 1.807) is 0 Å². The standard InChI is InChI=1S/C14H25F2N3O.ClH/c1-2-12-9-19(8-7-18(12)10-13(15)16)14(20)11-3-5-17-6-4-11;/h11-13,17H,2-10H2,1H3;1H. The largest absolute Gasteiger partial charge is 0.340 e. The smallest absolute Gasteiger partial charge is 0.251 e. The summed E-state index contributed by atoms with van der Waals surface area (Å²) < 4.78 is 25.1. The molecule has 124 valence electrons. The average molecular weight is 326 g/mol. The van der Waals surface area contributed by atoms with Gasteiger partial charge in [-0.15, -0.1) is 12.4 Å². The second-order valence-electron chi connectivity index (χ2n) is 5.76. The molecule has 0 saturated carbocycles. The van der Waals surface area contributed by atoms with E-state index >= 15 is 0 Å². The van der Waals surface area contributed by atoms with Gasteiger partial charge in [0.05, 0.1) is 6.54 Å². The predicted octanol–water partition coefficient (Wildman–Crippen LogP) is 1.60. The number of carbonyl (C=O) groups excluding carboxylic acids is 1. The van der Waals surface area contributed by atoms with E-state index in [2.05, 4.69) is 5.32 Å². The van der Waals surface area contributed by atoms with E-state index in [0.717, 1.165) is 32.4 Å². The molecule has 2 aliphatic heterocycles. The maximum atomic E-state index is 12.5. The van der Waals surface area contributed by atoms with Crippen molar-refractivity contribution in [3.63, 3.8) is 0 Å². The van der Waals surface area contributed by atoms with Crippen LogP contribution in [0.2, 0.25) is 0 Å². The van der Waals surface area contributed by atoms with Crippen molar-refractivity contribution in [1.29, 1.82) is 0 Å². The first-order valence-corrected chi connectivity index (χ1v) is 7.63. The number of nitrogens with one attached hydrogen (secondary N) is 1. The van der Waals surface area contributed by atoms with E-state index in [4.69, 9.17) is 0 Å². The number of amides is 1. The molecule has 1 atom stereocenters. The lowest BCUT2D eigenvalue weighted by Gasteiger charge is -2.42. The number of halogens is 3. The average Bonchev–Trinajstić information content (AvgIpc) is 2.47. The third-order valence-electron chi connectivity index (χ3n) is 4.45. The first kappa shape index (κ1) is 18.6. The van der Waals surface area contributed by atoms with Crippen molar-refractivity contribution in [3.05, 3.63) is 0 Å². The molecule has 0 aromatic rings. The van der Waals surface area contributed by atoms with Gasteiger partial charge in [0.15, 0.2) is 0 Å². The fraction of sp³-hybridized carbons (Fsp3) is 0.929. The Morgan fingerprint density at radius 2 is 1.95 bits per heavy atom. The summed E-state index contributed by atoms with van der Waals surface area (Å²) in [6, 6.07) is 0.0726. The fourth-order valence-corrected chi connectivity index (χ4v) is 3.23. The lowest BCUT2D eigenvalue weighted by Crippen LogP contribution is -2.57. The molecule has 21 heavy (non-hydrogen) atoms. The van der Waals surface area contributed by atoms with Gasteiger partial charge < -0.3 is 10.2 Å². The molecule has 0 aromatic heterocycles. The maximum absolute atomic E-state index is 12.5. The SMILES string of the molecule is CCC1CN(C(=O)C2CCNCC2)CCN1CC(F)F.Cl. The highest BCUT2D eigenvalue weighted by Gasteiger charge is 2.33. The number of hydrogen-bond donors (Lipinski definition) is 1. The predicted molar refractivity (Wildman–Crippen MR) is 81.1 cm³/mol. The molecular weight excluding hydrogens is 300 g/mol. The van der Waals surface area contributed by atoms with Gasteiger partial charge in [-0.3, -0.25) is 9.69 Å². The Balaban J connectivity index is 0.00000220. The van der Waals surface area contributed by atoms with Crippen molar-refractivity contribution >= 4 is 18.3 Å². The number of rotatable bonds is 4. The molecule has 1 amide bonds. The minimum atomic E-state index is -2.30. The van der Waals surface area contributed by atoms with Crippen LogP contribution >= 0.6 is 12.4 Å². The van der Waals surface area contributed by atoms with Crippen molar-refractivity contribution in [2.75, 3.05) is 39.3 Å². The molecule has 2 rings (SSSR count). The van der Waals surface area contributed by atoms with Crippen LogP contribution in [-0.2, 0) is 4.79 Å². The van der Waals surface area contributed by atoms with Crippen LogP contribution in [0.3, 0.4) is 0 Å². The van der Waals surface area contributed by atoms with Crippen LogP contribution in [0.5, 0.6) is 0 Å². The summed E-state index contributed by atoms with van der Waals surface area (Å²) in [5, 5.41) is 3.26. The van der Waals surface area contributed by atoms with Crippen LogP contribution in [0.1, 0.15) is 26.2 Å². The summed E-state index contributed by atoms with van der Waals surface area (Å²) >= 11 is 0. The summed E-state index contributed by atoms with van der Waals surface area (Å²) in [5.41, 5.74) is 0. The zero-order chi connectivity index (χ0) is 14.5. The second-order valence-corrected chi connectivity index (χ2v) is 5.76. The molecule has 7 heteroatoms. The van der Waals surface area contributed by atoms with Gasteiger partial charge in [0, 0.05) is 31.6 Å². The number of piperidine rings is 1. The lowest BCUT2D eigenvalue weighted by molar-refractivity contribution is -0.139. The van der Waals surface area contributed by atoms with Crippen molar-refractivity contribution in [3.8, 4) is 0 Å². The first-order chi connectivity index (χ1) is 9.61. The van der Waals surface area contributed by atoms with Gasteiger partial charge in [-0.05, 0) is 32.4 Å². The number of alkyl halides is 2. The highest BCUT2D eigenvalue weighted by Crippen LogP contribution is 2.20. The first-order valence-electron chi connectivity index (χ1n) is 7.63. The quantitative estimate of drug-likeness (QED) is 0.853. The van der Waals surface area contributed by atoms with Crippen molar-refractivity contribution in [2.45, 2.75) is 38.7 Å². The van der Waals surface area contributed by atoms with Crippen molar-refractivity contribution in [2.24, 2.45) is 5.92 Å². The van der Waals surface area contributed by atoms with Crippen molar-refractivity contribution < 1.29 is 13.6 Å². The highest BCUT2D eigenvalue weighted by molar-refractivity contribution is 5.85. The zero-order valence-electron chi connectivity index (χ0n) is 12.6. The number of hydrogen-bond acceptors (Lipinski definition) is 3. The van der Waals surface area contributed by atoms with E-state index in [1.165, 1.54) is 0 Å². The van der Waals surface area contributed by atoms with E-state index in [0.29, 0.717) is 19.6 Å². The molecule has 0 aromatic carbocycles. The van der Waals surface area contributed by atoms with E-state index in [1.807, 2.05) is 16.7 Å². The summed E-state index contributed by atoms with van der Waals surface area (Å²) in [4.78, 5) is 16.2. The Bertz CT molecular complexity index is 327. The number of carbonyl (C=O) groups is 1. The molecule has 4 nitrogen and oxygen atoms in total. The van der Waals surface area contributed by atoms with E-state index in [9.17, 15) is 13.6 Å². The monoisotopic (exact) mass is 325 g/mol. The molecule has 0 radical (unpaired) electrons. The van der Waals surface area contributed by atoms with E-state index < -0.39 is 6.43 Å². The third kappa shape index (κ3) is 5.04. The normalized spacial score (nSPS) is 25.0. The highest BCUT2D eigenvalue weighted by atomic mass is 35.5. The Morgan fingerprint density at radius 1 is 1.29 bits per heavy atom. The molecule has 2 aliphatic rings. The van der Waals surface area contributed by atoms with Gasteiger partial charge in [0.1, 0.15) is 0 Å². The fourth-order valence-electron chi connectivity index (χ4n) is 3.23. The summed E-state index contributed by atoms with van der Waals surface area (Å²) in [6.45, 7) is 5.39. The van der Waals surface area contributed by atoms with Gasteiger partial charge >= 0.3 is 0 Å². The molecule has 2 heterocycles. The summed E-state index contributed by atoms with van der Waals surface area (Å²) in [7, 11) is 0. The van der Waals surface area contributed by atoms with Crippen LogP contribution in [-0.4, -0.2) is 67.4 Å². The van der Waals surface area contributed by atoms with Crippen LogP contribution in [0, 0.1) is 5.92 Å². The second kappa shape index (κ2) is 8.86. The zero-order valence-corrected chi connectivity index (χ0v) is 13.4. The molecule has 0 bridgehead atoms. The Hall–Kier alpha value is -0.460. The number of piperazine rings is 1. The molecular formula is C14H26ClF2N3O. The molecule has 2 saturated heterocycles. The van der Waals surface area contributed by atoms with Crippen LogP contribution < -0.4 is 5.32 Å². The minimum absolute atomic E-state index is 0.